The summed E-state index contributed by atoms with van der Waals surface area (Å²) < 4.78 is 24.1. The van der Waals surface area contributed by atoms with Gasteiger partial charge in [0.05, 0.1) is 5.69 Å². The molecule has 0 bridgehead atoms. The van der Waals surface area contributed by atoms with Gasteiger partial charge in [0.15, 0.2) is 11.5 Å². The second-order valence-corrected chi connectivity index (χ2v) is 7.39. The number of rotatable bonds is 4. The van der Waals surface area contributed by atoms with Crippen molar-refractivity contribution in [3.8, 4) is 22.1 Å². The molecule has 4 nitrogen and oxygen atoms in total. The Hall–Kier alpha value is -2.44. The molecular formula is C20H17FN2O2S. The van der Waals surface area contributed by atoms with Crippen molar-refractivity contribution in [2.45, 2.75) is 25.4 Å². The molecule has 0 spiro atoms. The van der Waals surface area contributed by atoms with Crippen LogP contribution in [-0.4, -0.2) is 11.8 Å². The third-order valence-corrected chi connectivity index (χ3v) is 5.82. The Morgan fingerprint density at radius 3 is 3.04 bits per heavy atom. The Balaban J connectivity index is 1.28. The first-order valence-corrected chi connectivity index (χ1v) is 9.50. The van der Waals surface area contributed by atoms with Crippen LogP contribution in [0.15, 0.2) is 41.8 Å². The molecule has 2 aliphatic rings. The maximum atomic E-state index is 13.3. The van der Waals surface area contributed by atoms with E-state index in [4.69, 9.17) is 14.5 Å². The maximum absolute atomic E-state index is 13.3. The van der Waals surface area contributed by atoms with Gasteiger partial charge >= 0.3 is 0 Å². The van der Waals surface area contributed by atoms with Gasteiger partial charge in [-0.25, -0.2) is 9.37 Å². The molecule has 132 valence electrons. The summed E-state index contributed by atoms with van der Waals surface area (Å²) in [4.78, 5) is 4.74. The average Bonchev–Trinajstić information content (AvgIpc) is 3.38. The smallest absolute Gasteiger partial charge is 0.231 e. The third-order valence-electron chi connectivity index (χ3n) is 4.88. The number of aromatic nitrogens is 1. The summed E-state index contributed by atoms with van der Waals surface area (Å²) in [6, 6.07) is 11.3. The molecule has 1 aromatic heterocycles. The molecule has 2 heterocycles. The van der Waals surface area contributed by atoms with Gasteiger partial charge in [0.25, 0.3) is 0 Å². The molecule has 1 aliphatic carbocycles. The molecule has 0 saturated carbocycles. The van der Waals surface area contributed by atoms with E-state index in [1.807, 2.05) is 24.3 Å². The van der Waals surface area contributed by atoms with Gasteiger partial charge in [0, 0.05) is 23.5 Å². The van der Waals surface area contributed by atoms with Crippen LogP contribution in [0.25, 0.3) is 10.6 Å². The van der Waals surface area contributed by atoms with Crippen molar-refractivity contribution in [1.82, 2.24) is 10.3 Å². The Bertz CT molecular complexity index is 972. The molecule has 3 aromatic rings. The number of hydrogen-bond acceptors (Lipinski definition) is 5. The molecule has 1 aliphatic heterocycles. The monoisotopic (exact) mass is 368 g/mol. The van der Waals surface area contributed by atoms with Crippen LogP contribution in [0.1, 0.15) is 29.3 Å². The highest BCUT2D eigenvalue weighted by atomic mass is 32.1. The quantitative estimate of drug-likeness (QED) is 0.739. The minimum atomic E-state index is -0.155. The zero-order chi connectivity index (χ0) is 17.5. The second kappa shape index (κ2) is 6.37. The molecule has 0 saturated heterocycles. The van der Waals surface area contributed by atoms with Crippen LogP contribution in [0.4, 0.5) is 4.39 Å². The normalized spacial score (nSPS) is 17.5. The van der Waals surface area contributed by atoms with Crippen LogP contribution in [0.5, 0.6) is 11.5 Å². The zero-order valence-electron chi connectivity index (χ0n) is 14.0. The second-order valence-electron chi connectivity index (χ2n) is 6.53. The average molecular weight is 368 g/mol. The van der Waals surface area contributed by atoms with Crippen LogP contribution >= 0.6 is 11.3 Å². The van der Waals surface area contributed by atoms with Gasteiger partial charge in [-0.2, -0.15) is 0 Å². The lowest BCUT2D eigenvalue weighted by Crippen LogP contribution is -2.18. The lowest BCUT2D eigenvalue weighted by atomic mass is 10.1. The van der Waals surface area contributed by atoms with E-state index in [2.05, 4.69) is 10.7 Å². The minimum Gasteiger partial charge on any atom is -0.454 e. The molecule has 0 amide bonds. The van der Waals surface area contributed by atoms with Crippen molar-refractivity contribution in [1.29, 1.82) is 0 Å². The summed E-state index contributed by atoms with van der Waals surface area (Å²) in [7, 11) is 0. The maximum Gasteiger partial charge on any atom is 0.231 e. The van der Waals surface area contributed by atoms with Gasteiger partial charge in [-0.15, -0.1) is 11.3 Å². The molecule has 0 fully saturated rings. The molecule has 1 N–H and O–H groups in total. The largest absolute Gasteiger partial charge is 0.454 e. The highest BCUT2D eigenvalue weighted by Gasteiger charge is 2.22. The molecular weight excluding hydrogens is 351 g/mol. The molecule has 2 aromatic carbocycles. The van der Waals surface area contributed by atoms with Crippen LogP contribution in [0.2, 0.25) is 0 Å². The minimum absolute atomic E-state index is 0.155. The Kier molecular flexibility index (Phi) is 3.87. The predicted octanol–water partition coefficient (Wildman–Crippen LogP) is 4.46. The van der Waals surface area contributed by atoms with Crippen LogP contribution in [0, 0.1) is 5.82 Å². The molecule has 6 heteroatoms. The van der Waals surface area contributed by atoms with Crippen molar-refractivity contribution in [2.24, 2.45) is 0 Å². The molecule has 1 atom stereocenters. The van der Waals surface area contributed by atoms with E-state index in [0.29, 0.717) is 6.54 Å². The van der Waals surface area contributed by atoms with Crippen LogP contribution in [0.3, 0.4) is 0 Å². The highest BCUT2D eigenvalue weighted by molar-refractivity contribution is 7.13. The Labute approximate surface area is 154 Å². The number of nitrogens with zero attached hydrogens (tertiary/aromatic N) is 1. The summed E-state index contributed by atoms with van der Waals surface area (Å²) in [6.45, 7) is 0.973. The number of ether oxygens (including phenoxy) is 2. The zero-order valence-corrected chi connectivity index (χ0v) is 14.8. The standard InChI is InChI=1S/C20H17FN2O2S/c21-14-3-4-16-12(7-14)1-5-17(16)22-9-15-10-26-20(23-15)13-2-6-18-19(8-13)25-11-24-18/h2-4,6-8,10,17,22H,1,5,9,11H2. The van der Waals surface area contributed by atoms with Crippen LogP contribution in [-0.2, 0) is 13.0 Å². The fourth-order valence-corrected chi connectivity index (χ4v) is 4.39. The van der Waals surface area contributed by atoms with E-state index in [0.717, 1.165) is 46.2 Å². The number of nitrogens with one attached hydrogen (secondary N) is 1. The van der Waals surface area contributed by atoms with E-state index in [9.17, 15) is 4.39 Å². The summed E-state index contributed by atoms with van der Waals surface area (Å²) in [5, 5.41) is 6.60. The summed E-state index contributed by atoms with van der Waals surface area (Å²) in [5.74, 6) is 1.40. The number of hydrogen-bond donors (Lipinski definition) is 1. The number of thiazole rings is 1. The molecule has 0 radical (unpaired) electrons. The number of benzene rings is 2. The topological polar surface area (TPSA) is 43.4 Å². The van der Waals surface area contributed by atoms with E-state index in [1.54, 1.807) is 23.5 Å². The van der Waals surface area contributed by atoms with Crippen molar-refractivity contribution in [3.63, 3.8) is 0 Å². The molecule has 5 rings (SSSR count). The summed E-state index contributed by atoms with van der Waals surface area (Å²) in [6.07, 6.45) is 1.92. The predicted molar refractivity (Wildman–Crippen MR) is 98.0 cm³/mol. The van der Waals surface area contributed by atoms with Crippen molar-refractivity contribution >= 4 is 11.3 Å². The van der Waals surface area contributed by atoms with E-state index in [-0.39, 0.29) is 18.7 Å². The SMILES string of the molecule is Fc1ccc2c(c1)CCC2NCc1csc(-c2ccc3c(c2)OCO3)n1. The first kappa shape index (κ1) is 15.8. The number of aryl methyl sites for hydroxylation is 1. The van der Waals surface area contributed by atoms with Crippen molar-refractivity contribution < 1.29 is 13.9 Å². The highest BCUT2D eigenvalue weighted by Crippen LogP contribution is 2.37. The van der Waals surface area contributed by atoms with E-state index < -0.39 is 0 Å². The fraction of sp³-hybridized carbons (Fsp3) is 0.250. The van der Waals surface area contributed by atoms with Crippen LogP contribution < -0.4 is 14.8 Å². The Morgan fingerprint density at radius 2 is 2.08 bits per heavy atom. The first-order chi connectivity index (χ1) is 12.8. The van der Waals surface area contributed by atoms with Gasteiger partial charge in [0.1, 0.15) is 10.8 Å². The van der Waals surface area contributed by atoms with E-state index in [1.165, 1.54) is 5.56 Å². The number of fused-ring (bicyclic) bond motifs is 2. The van der Waals surface area contributed by atoms with Gasteiger partial charge < -0.3 is 14.8 Å². The lowest BCUT2D eigenvalue weighted by Gasteiger charge is -2.13. The van der Waals surface area contributed by atoms with Gasteiger partial charge in [-0.3, -0.25) is 0 Å². The summed E-state index contributed by atoms with van der Waals surface area (Å²) >= 11 is 1.62. The molecule has 1 unspecified atom stereocenters. The Morgan fingerprint density at radius 1 is 1.15 bits per heavy atom. The third kappa shape index (κ3) is 2.85. The van der Waals surface area contributed by atoms with Gasteiger partial charge in [0.2, 0.25) is 6.79 Å². The number of halogens is 1. The van der Waals surface area contributed by atoms with E-state index >= 15 is 0 Å². The van der Waals surface area contributed by atoms with Gasteiger partial charge in [-0.1, -0.05) is 6.07 Å². The first-order valence-electron chi connectivity index (χ1n) is 8.62. The van der Waals surface area contributed by atoms with Crippen molar-refractivity contribution in [3.05, 3.63) is 64.4 Å². The summed E-state index contributed by atoms with van der Waals surface area (Å²) in [5.41, 5.74) is 4.37. The fourth-order valence-electron chi connectivity index (χ4n) is 3.58. The lowest BCUT2D eigenvalue weighted by molar-refractivity contribution is 0.174. The van der Waals surface area contributed by atoms with Gasteiger partial charge in [-0.05, 0) is 54.3 Å². The van der Waals surface area contributed by atoms with Crippen molar-refractivity contribution in [2.75, 3.05) is 6.79 Å². The molecule has 26 heavy (non-hydrogen) atoms.